The molecule has 0 bridgehead atoms. The van der Waals surface area contributed by atoms with Gasteiger partial charge in [-0.2, -0.15) is 0 Å². The summed E-state index contributed by atoms with van der Waals surface area (Å²) in [4.78, 5) is 19.1. The number of nitrogens with two attached hydrogens (primary N) is 1. The number of nitrogen functional groups attached to an aromatic ring is 1. The van der Waals surface area contributed by atoms with E-state index in [0.29, 0.717) is 22.8 Å². The van der Waals surface area contributed by atoms with Crippen molar-refractivity contribution in [3.8, 4) is 0 Å². The first-order valence-electron chi connectivity index (χ1n) is 9.48. The number of thiophene rings is 1. The van der Waals surface area contributed by atoms with Crippen LogP contribution in [0.1, 0.15) is 17.1 Å². The fourth-order valence-corrected chi connectivity index (χ4v) is 4.98. The maximum absolute atomic E-state index is 13.0. The summed E-state index contributed by atoms with van der Waals surface area (Å²) in [5.74, 6) is 0.727. The Labute approximate surface area is 190 Å². The maximum atomic E-state index is 13.0. The molecule has 0 aliphatic heterocycles. The van der Waals surface area contributed by atoms with Gasteiger partial charge in [-0.05, 0) is 43.4 Å². The van der Waals surface area contributed by atoms with Crippen LogP contribution in [-0.2, 0) is 19.0 Å². The molecule has 0 spiro atoms. The van der Waals surface area contributed by atoms with Gasteiger partial charge in [0, 0.05) is 28.3 Å². The molecular weight excluding hydrogens is 434 g/mol. The van der Waals surface area contributed by atoms with E-state index >= 15 is 0 Å². The van der Waals surface area contributed by atoms with Crippen molar-refractivity contribution in [1.82, 2.24) is 4.98 Å². The standard InChI is InChI=1S/C22H25N3O4S2/c1-13(30-20-9-10-24-12-15(20)23)19-7-8-21(31-19)25-22(26)14-5-6-16(27-2)18(29-4)11-17(14)28-3/h5-13,18H,23H2,1-4H3,(H,25,26). The van der Waals surface area contributed by atoms with Gasteiger partial charge in [-0.3, -0.25) is 9.78 Å². The van der Waals surface area contributed by atoms with Gasteiger partial charge in [0.1, 0.15) is 17.6 Å². The van der Waals surface area contributed by atoms with Crippen LogP contribution >= 0.6 is 23.1 Å². The fourth-order valence-electron chi connectivity index (χ4n) is 2.95. The SMILES string of the molecule is COC1=CC(OC)C(OC)=CC=C1C(=O)Nc1ccc(C(C)Sc2ccncc2N)s1. The molecule has 0 fully saturated rings. The number of hydrogen-bond donors (Lipinski definition) is 2. The highest BCUT2D eigenvalue weighted by Crippen LogP contribution is 2.41. The molecule has 2 aromatic heterocycles. The van der Waals surface area contributed by atoms with E-state index in [1.54, 1.807) is 56.6 Å². The zero-order valence-electron chi connectivity index (χ0n) is 17.7. The van der Waals surface area contributed by atoms with Crippen LogP contribution in [0.3, 0.4) is 0 Å². The van der Waals surface area contributed by atoms with Crippen molar-refractivity contribution in [3.05, 3.63) is 70.8 Å². The molecule has 2 atom stereocenters. The van der Waals surface area contributed by atoms with Crippen LogP contribution in [0.25, 0.3) is 0 Å². The van der Waals surface area contributed by atoms with Crippen LogP contribution in [-0.4, -0.2) is 38.3 Å². The van der Waals surface area contributed by atoms with Crippen molar-refractivity contribution in [3.63, 3.8) is 0 Å². The Kier molecular flexibility index (Phi) is 7.78. The summed E-state index contributed by atoms with van der Waals surface area (Å²) in [6, 6.07) is 5.81. The molecule has 3 rings (SSSR count). The monoisotopic (exact) mass is 459 g/mol. The van der Waals surface area contributed by atoms with Crippen LogP contribution in [0.4, 0.5) is 10.7 Å². The van der Waals surface area contributed by atoms with Gasteiger partial charge in [0.2, 0.25) is 0 Å². The number of allylic oxidation sites excluding steroid dienone is 2. The number of anilines is 2. The predicted octanol–water partition coefficient (Wildman–Crippen LogP) is 4.53. The molecule has 1 aliphatic rings. The lowest BCUT2D eigenvalue weighted by molar-refractivity contribution is -0.112. The van der Waals surface area contributed by atoms with Crippen molar-refractivity contribution in [2.24, 2.45) is 0 Å². The number of methoxy groups -OCH3 is 3. The number of hydrogen-bond acceptors (Lipinski definition) is 8. The van der Waals surface area contributed by atoms with E-state index in [2.05, 4.69) is 17.2 Å². The Bertz CT molecular complexity index is 1030. The van der Waals surface area contributed by atoms with Gasteiger partial charge >= 0.3 is 0 Å². The summed E-state index contributed by atoms with van der Waals surface area (Å²) in [7, 11) is 4.64. The molecule has 164 valence electrons. The highest BCUT2D eigenvalue weighted by atomic mass is 32.2. The van der Waals surface area contributed by atoms with E-state index in [0.717, 1.165) is 14.8 Å². The molecule has 0 aromatic carbocycles. The lowest BCUT2D eigenvalue weighted by Gasteiger charge is -2.14. The number of amides is 1. The molecule has 2 unspecified atom stereocenters. The Hall–Kier alpha value is -2.75. The Morgan fingerprint density at radius 2 is 2.03 bits per heavy atom. The molecule has 9 heteroatoms. The van der Waals surface area contributed by atoms with E-state index in [-0.39, 0.29) is 11.2 Å². The molecule has 2 heterocycles. The second-order valence-electron chi connectivity index (χ2n) is 6.57. The molecule has 2 aromatic rings. The topological polar surface area (TPSA) is 95.7 Å². The highest BCUT2D eigenvalue weighted by Gasteiger charge is 2.23. The van der Waals surface area contributed by atoms with Gasteiger partial charge in [0.05, 0.1) is 36.7 Å². The zero-order chi connectivity index (χ0) is 22.4. The largest absolute Gasteiger partial charge is 0.498 e. The number of nitrogens with zero attached hydrogens (tertiary/aromatic N) is 1. The summed E-state index contributed by atoms with van der Waals surface area (Å²) >= 11 is 3.17. The molecule has 31 heavy (non-hydrogen) atoms. The minimum absolute atomic E-state index is 0.168. The first kappa shape index (κ1) is 22.9. The van der Waals surface area contributed by atoms with Crippen LogP contribution < -0.4 is 11.1 Å². The van der Waals surface area contributed by atoms with E-state index in [4.69, 9.17) is 19.9 Å². The number of carbonyl (C=O) groups is 1. The van der Waals surface area contributed by atoms with Crippen LogP contribution in [0.15, 0.2) is 70.8 Å². The molecule has 3 N–H and O–H groups in total. The smallest absolute Gasteiger partial charge is 0.260 e. The number of ether oxygens (including phenoxy) is 3. The quantitative estimate of drug-likeness (QED) is 0.560. The van der Waals surface area contributed by atoms with Crippen molar-refractivity contribution in [2.45, 2.75) is 23.2 Å². The fraction of sp³-hybridized carbons (Fsp3) is 0.273. The molecule has 0 saturated heterocycles. The van der Waals surface area contributed by atoms with Crippen molar-refractivity contribution < 1.29 is 19.0 Å². The maximum Gasteiger partial charge on any atom is 0.260 e. The second-order valence-corrected chi connectivity index (χ2v) is 9.07. The summed E-state index contributed by atoms with van der Waals surface area (Å²) in [6.45, 7) is 2.10. The van der Waals surface area contributed by atoms with Gasteiger partial charge in [-0.1, -0.05) is 0 Å². The van der Waals surface area contributed by atoms with Crippen LogP contribution in [0.2, 0.25) is 0 Å². The Balaban J connectivity index is 1.73. The summed E-state index contributed by atoms with van der Waals surface area (Å²) in [5.41, 5.74) is 7.04. The van der Waals surface area contributed by atoms with Gasteiger partial charge in [-0.15, -0.1) is 23.1 Å². The van der Waals surface area contributed by atoms with Gasteiger partial charge in [0.15, 0.2) is 0 Å². The number of carbonyl (C=O) groups excluding carboxylic acids is 1. The lowest BCUT2D eigenvalue weighted by atomic mass is 10.2. The third-order valence-corrected chi connectivity index (χ3v) is 7.16. The van der Waals surface area contributed by atoms with E-state index in [1.165, 1.54) is 18.4 Å². The molecular formula is C22H25N3O4S2. The van der Waals surface area contributed by atoms with Crippen molar-refractivity contribution in [1.29, 1.82) is 0 Å². The zero-order valence-corrected chi connectivity index (χ0v) is 19.4. The third-order valence-electron chi connectivity index (χ3n) is 4.60. The Morgan fingerprint density at radius 1 is 1.23 bits per heavy atom. The minimum atomic E-state index is -0.437. The lowest BCUT2D eigenvalue weighted by Crippen LogP contribution is -2.17. The number of nitrogens with one attached hydrogen (secondary N) is 1. The third kappa shape index (κ3) is 5.49. The number of pyridine rings is 1. The first-order valence-corrected chi connectivity index (χ1v) is 11.2. The van der Waals surface area contributed by atoms with Gasteiger partial charge in [-0.25, -0.2) is 0 Å². The Morgan fingerprint density at radius 3 is 2.71 bits per heavy atom. The van der Waals surface area contributed by atoms with E-state index in [9.17, 15) is 4.79 Å². The van der Waals surface area contributed by atoms with Crippen molar-refractivity contribution >= 4 is 39.7 Å². The molecule has 0 saturated carbocycles. The highest BCUT2D eigenvalue weighted by molar-refractivity contribution is 7.99. The minimum Gasteiger partial charge on any atom is -0.498 e. The van der Waals surface area contributed by atoms with E-state index in [1.807, 2.05) is 18.2 Å². The average molecular weight is 460 g/mol. The van der Waals surface area contributed by atoms with Gasteiger partial charge in [0.25, 0.3) is 5.91 Å². The van der Waals surface area contributed by atoms with Crippen LogP contribution in [0.5, 0.6) is 0 Å². The van der Waals surface area contributed by atoms with Crippen LogP contribution in [0, 0.1) is 0 Å². The average Bonchev–Trinajstić information content (AvgIpc) is 3.15. The molecule has 1 aliphatic carbocycles. The summed E-state index contributed by atoms with van der Waals surface area (Å²) in [5, 5.41) is 3.87. The number of thioether (sulfide) groups is 1. The van der Waals surface area contributed by atoms with Gasteiger partial charge < -0.3 is 25.3 Å². The first-order chi connectivity index (χ1) is 15.0. The summed E-state index contributed by atoms with van der Waals surface area (Å²) in [6.07, 6.45) is 8.03. The number of aromatic nitrogens is 1. The molecule has 0 radical (unpaired) electrons. The predicted molar refractivity (Wildman–Crippen MR) is 125 cm³/mol. The number of rotatable bonds is 8. The summed E-state index contributed by atoms with van der Waals surface area (Å²) < 4.78 is 16.2. The molecule has 1 amide bonds. The molecule has 7 nitrogen and oxygen atoms in total. The normalized spacial score (nSPS) is 17.0. The van der Waals surface area contributed by atoms with Crippen molar-refractivity contribution in [2.75, 3.05) is 32.4 Å². The van der Waals surface area contributed by atoms with E-state index < -0.39 is 6.10 Å². The second kappa shape index (κ2) is 10.5.